The first kappa shape index (κ1) is 11.0. The topological polar surface area (TPSA) is 32.3 Å². The molecule has 0 aromatic heterocycles. The second-order valence-corrected chi connectivity index (χ2v) is 7.08. The van der Waals surface area contributed by atoms with Gasteiger partial charge in [0.05, 0.1) is 5.60 Å². The normalized spacial score (nSPS) is 51.9. The number of hydrogen-bond acceptors (Lipinski definition) is 2. The van der Waals surface area contributed by atoms with E-state index in [1.165, 1.54) is 25.7 Å². The van der Waals surface area contributed by atoms with E-state index in [0.29, 0.717) is 11.5 Å². The van der Waals surface area contributed by atoms with Gasteiger partial charge in [-0.3, -0.25) is 0 Å². The van der Waals surface area contributed by atoms with E-state index < -0.39 is 0 Å². The zero-order chi connectivity index (χ0) is 11.4. The Hall–Kier alpha value is -0.0800. The standard InChI is InChI=1S/C14H25NO/c1-10(15-2)4-13-5-11-3-12(6-13)8-14(16,7-11)9-13/h10-12,15-16H,3-9H2,1-2H3. The van der Waals surface area contributed by atoms with Crippen molar-refractivity contribution in [2.45, 2.75) is 63.5 Å². The van der Waals surface area contributed by atoms with Crippen molar-refractivity contribution in [1.82, 2.24) is 5.32 Å². The van der Waals surface area contributed by atoms with Crippen molar-refractivity contribution in [3.63, 3.8) is 0 Å². The largest absolute Gasteiger partial charge is 0.390 e. The number of hydrogen-bond donors (Lipinski definition) is 2. The first-order chi connectivity index (χ1) is 7.53. The van der Waals surface area contributed by atoms with E-state index in [1.54, 1.807) is 0 Å². The van der Waals surface area contributed by atoms with E-state index in [0.717, 1.165) is 31.1 Å². The van der Waals surface area contributed by atoms with Gasteiger partial charge >= 0.3 is 0 Å². The minimum Gasteiger partial charge on any atom is -0.390 e. The Bertz CT molecular complexity index is 274. The number of rotatable bonds is 3. The molecule has 2 N–H and O–H groups in total. The molecule has 4 saturated carbocycles. The van der Waals surface area contributed by atoms with Gasteiger partial charge in [-0.1, -0.05) is 0 Å². The summed E-state index contributed by atoms with van der Waals surface area (Å²) in [4.78, 5) is 0. The van der Waals surface area contributed by atoms with E-state index in [-0.39, 0.29) is 5.60 Å². The summed E-state index contributed by atoms with van der Waals surface area (Å²) in [6.07, 6.45) is 8.71. The molecule has 16 heavy (non-hydrogen) atoms. The minimum atomic E-state index is -0.280. The van der Waals surface area contributed by atoms with Gasteiger partial charge in [0, 0.05) is 6.04 Å². The van der Waals surface area contributed by atoms with Crippen LogP contribution in [-0.4, -0.2) is 23.8 Å². The Morgan fingerprint density at radius 2 is 1.88 bits per heavy atom. The van der Waals surface area contributed by atoms with Crippen LogP contribution in [0.5, 0.6) is 0 Å². The van der Waals surface area contributed by atoms with E-state index in [4.69, 9.17) is 0 Å². The van der Waals surface area contributed by atoms with Crippen LogP contribution in [0.3, 0.4) is 0 Å². The second-order valence-electron chi connectivity index (χ2n) is 7.08. The van der Waals surface area contributed by atoms with Gasteiger partial charge in [0.2, 0.25) is 0 Å². The minimum absolute atomic E-state index is 0.280. The fraction of sp³-hybridized carbons (Fsp3) is 1.00. The third-order valence-corrected chi connectivity index (χ3v) is 5.38. The maximum Gasteiger partial charge on any atom is 0.0658 e. The van der Waals surface area contributed by atoms with Crippen LogP contribution in [0, 0.1) is 17.3 Å². The van der Waals surface area contributed by atoms with E-state index in [2.05, 4.69) is 19.3 Å². The molecule has 2 nitrogen and oxygen atoms in total. The molecule has 0 aliphatic heterocycles. The third kappa shape index (κ3) is 1.70. The molecule has 0 saturated heterocycles. The quantitative estimate of drug-likeness (QED) is 0.769. The molecule has 0 aromatic carbocycles. The molecule has 0 radical (unpaired) electrons. The molecule has 3 unspecified atom stereocenters. The van der Waals surface area contributed by atoms with Gasteiger partial charge in [0.25, 0.3) is 0 Å². The molecule has 2 heteroatoms. The summed E-state index contributed by atoms with van der Waals surface area (Å²) in [5.41, 5.74) is 0.193. The van der Waals surface area contributed by atoms with Gasteiger partial charge in [-0.15, -0.1) is 0 Å². The highest BCUT2D eigenvalue weighted by atomic mass is 16.3. The second kappa shape index (κ2) is 3.46. The van der Waals surface area contributed by atoms with Crippen molar-refractivity contribution in [2.75, 3.05) is 7.05 Å². The smallest absolute Gasteiger partial charge is 0.0658 e. The van der Waals surface area contributed by atoms with Crippen LogP contribution in [0.2, 0.25) is 0 Å². The maximum absolute atomic E-state index is 10.6. The summed E-state index contributed by atoms with van der Waals surface area (Å²) in [5, 5.41) is 14.0. The molecule has 3 atom stereocenters. The van der Waals surface area contributed by atoms with Gasteiger partial charge in [0.1, 0.15) is 0 Å². The molecule has 4 rings (SSSR count). The van der Waals surface area contributed by atoms with Gasteiger partial charge < -0.3 is 10.4 Å². The number of aliphatic hydroxyl groups is 1. The summed E-state index contributed by atoms with van der Waals surface area (Å²) in [6, 6.07) is 0.597. The molecule has 0 amide bonds. The average molecular weight is 223 g/mol. The monoisotopic (exact) mass is 223 g/mol. The maximum atomic E-state index is 10.6. The van der Waals surface area contributed by atoms with Gasteiger partial charge in [0.15, 0.2) is 0 Å². The van der Waals surface area contributed by atoms with Gasteiger partial charge in [-0.25, -0.2) is 0 Å². The van der Waals surface area contributed by atoms with Crippen LogP contribution in [0.1, 0.15) is 51.9 Å². The fourth-order valence-corrected chi connectivity index (χ4v) is 5.39. The predicted molar refractivity (Wildman–Crippen MR) is 65.2 cm³/mol. The van der Waals surface area contributed by atoms with Crippen molar-refractivity contribution in [3.05, 3.63) is 0 Å². The van der Waals surface area contributed by atoms with Crippen molar-refractivity contribution in [1.29, 1.82) is 0 Å². The summed E-state index contributed by atoms with van der Waals surface area (Å²) >= 11 is 0. The lowest BCUT2D eigenvalue weighted by Gasteiger charge is -2.61. The molecule has 0 heterocycles. The van der Waals surface area contributed by atoms with E-state index in [9.17, 15) is 5.11 Å². The Balaban J connectivity index is 1.81. The molecule has 4 aliphatic rings. The molecule has 0 aromatic rings. The Morgan fingerprint density at radius 3 is 2.38 bits per heavy atom. The Morgan fingerprint density at radius 1 is 1.25 bits per heavy atom. The lowest BCUT2D eigenvalue weighted by molar-refractivity contribution is -0.167. The van der Waals surface area contributed by atoms with Crippen LogP contribution in [0.15, 0.2) is 0 Å². The molecule has 4 fully saturated rings. The Kier molecular flexibility index (Phi) is 2.38. The average Bonchev–Trinajstić information content (AvgIpc) is 2.12. The summed E-state index contributed by atoms with van der Waals surface area (Å²) in [6.45, 7) is 2.28. The summed E-state index contributed by atoms with van der Waals surface area (Å²) in [5.74, 6) is 1.66. The number of nitrogens with one attached hydrogen (secondary N) is 1. The van der Waals surface area contributed by atoms with Crippen molar-refractivity contribution < 1.29 is 5.11 Å². The van der Waals surface area contributed by atoms with Gasteiger partial charge in [-0.05, 0) is 76.2 Å². The summed E-state index contributed by atoms with van der Waals surface area (Å²) in [7, 11) is 2.06. The van der Waals surface area contributed by atoms with Crippen LogP contribution >= 0.6 is 0 Å². The Labute approximate surface area is 98.8 Å². The van der Waals surface area contributed by atoms with Crippen molar-refractivity contribution in [3.8, 4) is 0 Å². The molecular weight excluding hydrogens is 198 g/mol. The SMILES string of the molecule is CNC(C)CC12CC3CC(CC(O)(C3)C1)C2. The first-order valence-corrected chi connectivity index (χ1v) is 6.92. The molecule has 92 valence electrons. The fourth-order valence-electron chi connectivity index (χ4n) is 5.39. The van der Waals surface area contributed by atoms with E-state index in [1.807, 2.05) is 0 Å². The highest BCUT2D eigenvalue weighted by Gasteiger charge is 2.56. The zero-order valence-electron chi connectivity index (χ0n) is 10.6. The van der Waals surface area contributed by atoms with E-state index >= 15 is 0 Å². The molecular formula is C14H25NO. The highest BCUT2D eigenvalue weighted by Crippen LogP contribution is 2.63. The molecule has 0 spiro atoms. The zero-order valence-corrected chi connectivity index (χ0v) is 10.6. The van der Waals surface area contributed by atoms with Gasteiger partial charge in [-0.2, -0.15) is 0 Å². The lowest BCUT2D eigenvalue weighted by atomic mass is 9.47. The summed E-state index contributed by atoms with van der Waals surface area (Å²) < 4.78 is 0. The van der Waals surface area contributed by atoms with Crippen LogP contribution < -0.4 is 5.32 Å². The van der Waals surface area contributed by atoms with Crippen molar-refractivity contribution >= 4 is 0 Å². The predicted octanol–water partition coefficient (Wildman–Crippen LogP) is 2.32. The van der Waals surface area contributed by atoms with Crippen LogP contribution in [0.25, 0.3) is 0 Å². The third-order valence-electron chi connectivity index (χ3n) is 5.38. The highest BCUT2D eigenvalue weighted by molar-refractivity contribution is 5.08. The lowest BCUT2D eigenvalue weighted by Crippen LogP contribution is -2.56. The van der Waals surface area contributed by atoms with Crippen molar-refractivity contribution in [2.24, 2.45) is 17.3 Å². The first-order valence-electron chi connectivity index (χ1n) is 6.92. The van der Waals surface area contributed by atoms with Crippen LogP contribution in [-0.2, 0) is 0 Å². The van der Waals surface area contributed by atoms with Crippen LogP contribution in [0.4, 0.5) is 0 Å². The molecule has 4 aliphatic carbocycles. The molecule has 4 bridgehead atoms.